The third-order valence-corrected chi connectivity index (χ3v) is 3.52. The van der Waals surface area contributed by atoms with Crippen LogP contribution in [0.1, 0.15) is 43.9 Å². The normalized spacial score (nSPS) is 8.70. The van der Waals surface area contributed by atoms with E-state index in [1.165, 1.54) is 16.7 Å². The van der Waals surface area contributed by atoms with Gasteiger partial charge in [0.05, 0.1) is 0 Å². The minimum absolute atomic E-state index is 0. The van der Waals surface area contributed by atoms with Crippen LogP contribution in [0.15, 0.2) is 91.0 Å². The molecule has 0 radical (unpaired) electrons. The highest BCUT2D eigenvalue weighted by molar-refractivity contribution is 7.59. The van der Waals surface area contributed by atoms with Crippen molar-refractivity contribution in [3.63, 3.8) is 0 Å². The van der Waals surface area contributed by atoms with E-state index >= 15 is 0 Å². The number of benzene rings is 3. The van der Waals surface area contributed by atoms with Gasteiger partial charge in [-0.25, -0.2) is 0 Å². The van der Waals surface area contributed by atoms with E-state index in [4.69, 9.17) is 34.8 Å². The fraction of sp³-hybridized carbons (Fsp3) is 0.321. The Morgan fingerprint density at radius 2 is 0.879 bits per heavy atom. The van der Waals surface area contributed by atoms with E-state index in [2.05, 4.69) is 57.2 Å². The number of carbonyl (C=O) groups is 1. The summed E-state index contributed by atoms with van der Waals surface area (Å²) < 4.78 is -0.750. The van der Waals surface area contributed by atoms with Crippen molar-refractivity contribution < 1.29 is 4.79 Å². The summed E-state index contributed by atoms with van der Waals surface area (Å²) in [5, 5.41) is 0. The summed E-state index contributed by atoms with van der Waals surface area (Å²) in [6.07, 6.45) is 0.722. The second-order valence-electron chi connectivity index (χ2n) is 7.51. The first-order valence-electron chi connectivity index (χ1n) is 10.5. The Hall–Kier alpha value is -1.45. The minimum Gasteiger partial charge on any atom is -0.300 e. The second-order valence-corrected chi connectivity index (χ2v) is 9.49. The first-order valence-corrected chi connectivity index (χ1v) is 11.8. The van der Waals surface area contributed by atoms with Gasteiger partial charge in [0, 0.05) is 6.42 Å². The van der Waals surface area contributed by atoms with Crippen molar-refractivity contribution in [3.05, 3.63) is 108 Å². The largest absolute Gasteiger partial charge is 0.300 e. The molecule has 5 heteroatoms. The molecule has 0 saturated heterocycles. The molecule has 0 bridgehead atoms. The average molecular weight is 530 g/mol. The van der Waals surface area contributed by atoms with E-state index in [1.807, 2.05) is 68.4 Å². The third-order valence-electron chi connectivity index (χ3n) is 3.52. The molecule has 0 N–H and O–H groups in total. The predicted molar refractivity (Wildman–Crippen MR) is 155 cm³/mol. The summed E-state index contributed by atoms with van der Waals surface area (Å²) in [7, 11) is 0. The van der Waals surface area contributed by atoms with Gasteiger partial charge in [-0.05, 0) is 33.6 Å². The molecule has 3 rings (SSSR count). The first kappa shape index (κ1) is 36.1. The van der Waals surface area contributed by atoms with Crippen molar-refractivity contribution in [2.24, 2.45) is 5.92 Å². The summed E-state index contributed by atoms with van der Waals surface area (Å²) in [5.74, 6) is 0.813. The number of Topliss-reactive ketones (excluding diaryl/α,β-unsaturated/α-hetero) is 1. The van der Waals surface area contributed by atoms with Crippen LogP contribution in [0.3, 0.4) is 0 Å². The van der Waals surface area contributed by atoms with Crippen LogP contribution in [0, 0.1) is 26.7 Å². The van der Waals surface area contributed by atoms with Crippen LogP contribution in [-0.4, -0.2) is 10.1 Å². The lowest BCUT2D eigenvalue weighted by Crippen LogP contribution is -1.95. The van der Waals surface area contributed by atoms with E-state index < -0.39 is 4.30 Å². The smallest absolute Gasteiger partial charge is 0.180 e. The lowest BCUT2D eigenvalue weighted by atomic mass is 10.1. The highest BCUT2D eigenvalue weighted by Crippen LogP contribution is 2.03. The van der Waals surface area contributed by atoms with Gasteiger partial charge in [-0.1, -0.05) is 156 Å². The molecule has 0 saturated carbocycles. The van der Waals surface area contributed by atoms with Crippen molar-refractivity contribution in [3.8, 4) is 0 Å². The van der Waals surface area contributed by atoms with Crippen molar-refractivity contribution in [2.75, 3.05) is 0 Å². The Morgan fingerprint density at radius 3 is 1.03 bits per heavy atom. The van der Waals surface area contributed by atoms with Crippen molar-refractivity contribution in [2.45, 2.75) is 52.3 Å². The van der Waals surface area contributed by atoms with E-state index in [-0.39, 0.29) is 19.3 Å². The Kier molecular flexibility index (Phi) is 27.6. The highest BCUT2D eigenvalue weighted by atomic mass is 35.6. The van der Waals surface area contributed by atoms with Gasteiger partial charge in [0.2, 0.25) is 0 Å². The van der Waals surface area contributed by atoms with Gasteiger partial charge in [0.1, 0.15) is 5.78 Å². The summed E-state index contributed by atoms with van der Waals surface area (Å²) >= 11 is 14.4. The zero-order chi connectivity index (χ0) is 24.8. The first-order chi connectivity index (χ1) is 15.0. The van der Waals surface area contributed by atoms with Gasteiger partial charge in [0.15, 0.2) is 4.30 Å². The lowest BCUT2D eigenvalue weighted by molar-refractivity contribution is -0.117. The Balaban J connectivity index is -0.000000344. The molecule has 0 spiro atoms. The SMILES string of the molecule is CC(=O)CC(C)C.Cc1ccc(C)cc1.Cc1ccccc1.ClC(Cl)Cl.S.c1ccccc1. The third kappa shape index (κ3) is 35.3. The number of hydrogen-bond acceptors (Lipinski definition) is 1. The molecule has 3 aromatic carbocycles. The molecule has 0 fully saturated rings. The van der Waals surface area contributed by atoms with Gasteiger partial charge in [-0.15, -0.1) is 0 Å². The fourth-order valence-electron chi connectivity index (χ4n) is 2.13. The van der Waals surface area contributed by atoms with Crippen LogP contribution in [-0.2, 0) is 4.79 Å². The molecule has 0 amide bonds. The molecule has 33 heavy (non-hydrogen) atoms. The van der Waals surface area contributed by atoms with Gasteiger partial charge < -0.3 is 4.79 Å². The van der Waals surface area contributed by atoms with Crippen molar-refractivity contribution in [1.29, 1.82) is 0 Å². The van der Waals surface area contributed by atoms with Crippen LogP contribution >= 0.6 is 48.3 Å². The van der Waals surface area contributed by atoms with E-state index in [0.29, 0.717) is 5.92 Å². The monoisotopic (exact) mass is 528 g/mol. The molecule has 184 valence electrons. The maximum atomic E-state index is 10.3. The maximum Gasteiger partial charge on any atom is 0.180 e. The van der Waals surface area contributed by atoms with Gasteiger partial charge in [-0.3, -0.25) is 0 Å². The van der Waals surface area contributed by atoms with E-state index in [9.17, 15) is 4.79 Å². The zero-order valence-electron chi connectivity index (χ0n) is 20.6. The summed E-state index contributed by atoms with van der Waals surface area (Å²) in [4.78, 5) is 10.3. The predicted octanol–water partition coefficient (Wildman–Crippen LogP) is 9.71. The number of ketones is 1. The number of aryl methyl sites for hydroxylation is 3. The van der Waals surface area contributed by atoms with Crippen LogP contribution in [0.25, 0.3) is 0 Å². The summed E-state index contributed by atoms with van der Waals surface area (Å²) in [6.45, 7) is 12.0. The number of halogens is 3. The fourth-order valence-corrected chi connectivity index (χ4v) is 2.13. The number of rotatable bonds is 2. The van der Waals surface area contributed by atoms with Crippen LogP contribution in [0.4, 0.5) is 0 Å². The lowest BCUT2D eigenvalue weighted by Gasteiger charge is -1.95. The molecule has 0 unspecified atom stereocenters. The number of carbonyl (C=O) groups excluding carboxylic acids is 1. The van der Waals surface area contributed by atoms with Crippen LogP contribution in [0.5, 0.6) is 0 Å². The Labute approximate surface area is 223 Å². The van der Waals surface area contributed by atoms with E-state index in [0.717, 1.165) is 6.42 Å². The van der Waals surface area contributed by atoms with Crippen molar-refractivity contribution in [1.82, 2.24) is 0 Å². The van der Waals surface area contributed by atoms with Gasteiger partial charge in [-0.2, -0.15) is 13.5 Å². The van der Waals surface area contributed by atoms with Crippen molar-refractivity contribution >= 4 is 54.1 Å². The molecule has 0 aliphatic heterocycles. The number of hydrogen-bond donors (Lipinski definition) is 0. The molecular formula is C28H39Cl3OS. The quantitative estimate of drug-likeness (QED) is 0.302. The second kappa shape index (κ2) is 25.2. The molecule has 3 aromatic rings. The Morgan fingerprint density at radius 1 is 0.636 bits per heavy atom. The zero-order valence-corrected chi connectivity index (χ0v) is 23.8. The minimum atomic E-state index is -0.750. The molecule has 0 aliphatic carbocycles. The topological polar surface area (TPSA) is 17.1 Å². The molecule has 0 atom stereocenters. The summed E-state index contributed by atoms with van der Waals surface area (Å²) in [5.41, 5.74) is 3.98. The van der Waals surface area contributed by atoms with Crippen LogP contribution in [0.2, 0.25) is 0 Å². The molecule has 0 aliphatic rings. The molecule has 0 aromatic heterocycles. The summed E-state index contributed by atoms with van der Waals surface area (Å²) in [6, 6.07) is 30.7. The molecule has 1 nitrogen and oxygen atoms in total. The average Bonchev–Trinajstić information content (AvgIpc) is 2.72. The molecular weight excluding hydrogens is 491 g/mol. The van der Waals surface area contributed by atoms with Crippen LogP contribution < -0.4 is 0 Å². The highest BCUT2D eigenvalue weighted by Gasteiger charge is 1.95. The number of alkyl halides is 3. The standard InChI is InChI=1S/C8H10.C7H8.C6H12O.C6H6.CHCl3.H2S/c1-7-3-5-8(2)6-4-7;1-7-5-3-2-4-6-7;1-5(2)4-6(3)7;1-2-4-6-5-3-1;2-1(3)4;/h3-6H,1-2H3;2-6H,1H3;5H,4H2,1-3H3;1-6H;1H;1H2. The van der Waals surface area contributed by atoms with Gasteiger partial charge >= 0.3 is 0 Å². The molecule has 0 heterocycles. The maximum absolute atomic E-state index is 10.3. The van der Waals surface area contributed by atoms with Gasteiger partial charge in [0.25, 0.3) is 0 Å². The van der Waals surface area contributed by atoms with E-state index in [1.54, 1.807) is 6.92 Å². The Bertz CT molecular complexity index is 727.